The number of carbonyl (C=O) groups excluding carboxylic acids is 2. The molecule has 19 heavy (non-hydrogen) atoms. The van der Waals surface area contributed by atoms with Gasteiger partial charge in [0.1, 0.15) is 0 Å². The molecule has 0 bridgehead atoms. The normalized spacial score (nSPS) is 10.5. The Labute approximate surface area is 119 Å². The van der Waals surface area contributed by atoms with Crippen LogP contribution in [-0.2, 0) is 4.79 Å². The van der Waals surface area contributed by atoms with Crippen molar-refractivity contribution in [1.29, 1.82) is 0 Å². The monoisotopic (exact) mass is 279 g/mol. The zero-order valence-electron chi connectivity index (χ0n) is 11.7. The van der Waals surface area contributed by atoms with Crippen molar-refractivity contribution >= 4 is 29.1 Å². The molecule has 104 valence electrons. The van der Waals surface area contributed by atoms with E-state index in [4.69, 9.17) is 0 Å². The van der Waals surface area contributed by atoms with Crippen LogP contribution >= 0.6 is 11.8 Å². The Balaban J connectivity index is 2.34. The number of rotatable bonds is 7. The summed E-state index contributed by atoms with van der Waals surface area (Å²) in [4.78, 5) is 22.8. The van der Waals surface area contributed by atoms with Crippen molar-refractivity contribution < 1.29 is 9.59 Å². The molecule has 0 fully saturated rings. The summed E-state index contributed by atoms with van der Waals surface area (Å²) in [6.45, 7) is 5.88. The predicted molar refractivity (Wildman–Crippen MR) is 81.9 cm³/mol. The number of nitrogens with one attached hydrogen (secondary N) is 1. The molecule has 0 heterocycles. The van der Waals surface area contributed by atoms with Gasteiger partial charge in [-0.05, 0) is 49.3 Å². The van der Waals surface area contributed by atoms with Gasteiger partial charge in [0.2, 0.25) is 5.91 Å². The summed E-state index contributed by atoms with van der Waals surface area (Å²) in [5.74, 6) is 2.19. The Bertz CT molecular complexity index is 426. The van der Waals surface area contributed by atoms with Crippen molar-refractivity contribution in [3.05, 3.63) is 29.8 Å². The number of amides is 1. The lowest BCUT2D eigenvalue weighted by Crippen LogP contribution is -2.14. The van der Waals surface area contributed by atoms with Gasteiger partial charge in [0.25, 0.3) is 0 Å². The van der Waals surface area contributed by atoms with Gasteiger partial charge in [-0.2, -0.15) is 11.8 Å². The summed E-state index contributed by atoms with van der Waals surface area (Å²) in [5.41, 5.74) is 1.39. The molecule has 3 nitrogen and oxygen atoms in total. The first-order valence-corrected chi connectivity index (χ1v) is 7.63. The van der Waals surface area contributed by atoms with Crippen molar-refractivity contribution in [3.63, 3.8) is 0 Å². The van der Waals surface area contributed by atoms with E-state index in [1.54, 1.807) is 36.0 Å². The van der Waals surface area contributed by atoms with E-state index < -0.39 is 0 Å². The maximum atomic E-state index is 11.7. The van der Waals surface area contributed by atoms with Gasteiger partial charge < -0.3 is 5.32 Å². The molecular weight excluding hydrogens is 258 g/mol. The van der Waals surface area contributed by atoms with E-state index in [1.165, 1.54) is 6.92 Å². The van der Waals surface area contributed by atoms with Crippen molar-refractivity contribution in [1.82, 2.24) is 0 Å². The molecule has 1 amide bonds. The molecule has 0 aliphatic heterocycles. The lowest BCUT2D eigenvalue weighted by Gasteiger charge is -2.06. The average Bonchev–Trinajstić information content (AvgIpc) is 2.35. The van der Waals surface area contributed by atoms with E-state index in [0.29, 0.717) is 17.2 Å². The van der Waals surface area contributed by atoms with Crippen LogP contribution in [0.2, 0.25) is 0 Å². The Hall–Kier alpha value is -1.29. The number of anilines is 1. The second kappa shape index (κ2) is 8.00. The Morgan fingerprint density at radius 2 is 1.84 bits per heavy atom. The van der Waals surface area contributed by atoms with Crippen LogP contribution in [0.3, 0.4) is 0 Å². The van der Waals surface area contributed by atoms with Crippen LogP contribution in [0.1, 0.15) is 37.6 Å². The molecule has 1 N–H and O–H groups in total. The van der Waals surface area contributed by atoms with Crippen LogP contribution in [-0.4, -0.2) is 23.2 Å². The average molecular weight is 279 g/mol. The largest absolute Gasteiger partial charge is 0.325 e. The third-order valence-corrected chi connectivity index (χ3v) is 3.64. The number of benzene rings is 1. The highest BCUT2D eigenvalue weighted by Gasteiger charge is 2.04. The fraction of sp³-hybridized carbons (Fsp3) is 0.467. The summed E-state index contributed by atoms with van der Waals surface area (Å²) in [7, 11) is 0. The molecule has 0 aliphatic carbocycles. The van der Waals surface area contributed by atoms with Crippen molar-refractivity contribution in [2.24, 2.45) is 5.92 Å². The van der Waals surface area contributed by atoms with E-state index in [9.17, 15) is 9.59 Å². The second-order valence-corrected chi connectivity index (χ2v) is 6.02. The van der Waals surface area contributed by atoms with Crippen LogP contribution in [0.4, 0.5) is 5.69 Å². The zero-order chi connectivity index (χ0) is 14.3. The summed E-state index contributed by atoms with van der Waals surface area (Å²) in [6.07, 6.45) is 1.13. The number of Topliss-reactive ketones (excluding diaryl/α,β-unsaturated/α-hetero) is 1. The summed E-state index contributed by atoms with van der Waals surface area (Å²) < 4.78 is 0. The van der Waals surface area contributed by atoms with Crippen LogP contribution in [0.5, 0.6) is 0 Å². The van der Waals surface area contributed by atoms with Crippen LogP contribution in [0.15, 0.2) is 24.3 Å². The van der Waals surface area contributed by atoms with Gasteiger partial charge in [0, 0.05) is 11.3 Å². The molecule has 0 unspecified atom stereocenters. The fourth-order valence-electron chi connectivity index (χ4n) is 1.47. The molecule has 0 aromatic heterocycles. The molecular formula is C15H21NO2S. The lowest BCUT2D eigenvalue weighted by molar-refractivity contribution is -0.113. The van der Waals surface area contributed by atoms with E-state index in [1.807, 2.05) is 0 Å². The first kappa shape index (κ1) is 15.8. The number of hydrogen-bond donors (Lipinski definition) is 1. The Kier molecular flexibility index (Phi) is 6.64. The fourth-order valence-corrected chi connectivity index (χ4v) is 2.51. The van der Waals surface area contributed by atoms with Crippen molar-refractivity contribution in [3.8, 4) is 0 Å². The summed E-state index contributed by atoms with van der Waals surface area (Å²) in [5, 5.41) is 2.83. The summed E-state index contributed by atoms with van der Waals surface area (Å²) in [6, 6.07) is 6.97. The maximum Gasteiger partial charge on any atom is 0.234 e. The Morgan fingerprint density at radius 3 is 2.37 bits per heavy atom. The van der Waals surface area contributed by atoms with Gasteiger partial charge >= 0.3 is 0 Å². The molecule has 4 heteroatoms. The number of thioether (sulfide) groups is 1. The smallest absolute Gasteiger partial charge is 0.234 e. The molecule has 0 spiro atoms. The standard InChI is InChI=1S/C15H21NO2S/c1-11(2)8-9-19-10-15(18)16-14-6-4-13(5-7-14)12(3)17/h4-7,11H,8-10H2,1-3H3,(H,16,18). The molecule has 1 aromatic carbocycles. The Morgan fingerprint density at radius 1 is 1.21 bits per heavy atom. The number of hydrogen-bond acceptors (Lipinski definition) is 3. The molecule has 1 aromatic rings. The quantitative estimate of drug-likeness (QED) is 0.612. The number of carbonyl (C=O) groups is 2. The SMILES string of the molecule is CC(=O)c1ccc(NC(=O)CSCCC(C)C)cc1. The van der Waals surface area contributed by atoms with Gasteiger partial charge in [-0.1, -0.05) is 13.8 Å². The maximum absolute atomic E-state index is 11.7. The van der Waals surface area contributed by atoms with Gasteiger partial charge in [-0.3, -0.25) is 9.59 Å². The second-order valence-electron chi connectivity index (χ2n) is 4.92. The molecule has 0 aliphatic rings. The third kappa shape index (κ3) is 6.43. The highest BCUT2D eigenvalue weighted by molar-refractivity contribution is 7.99. The van der Waals surface area contributed by atoms with E-state index in [-0.39, 0.29) is 11.7 Å². The van der Waals surface area contributed by atoms with Gasteiger partial charge in [0.05, 0.1) is 5.75 Å². The lowest BCUT2D eigenvalue weighted by atomic mass is 10.1. The first-order valence-electron chi connectivity index (χ1n) is 6.47. The van der Waals surface area contributed by atoms with Gasteiger partial charge in [-0.25, -0.2) is 0 Å². The molecule has 0 saturated carbocycles. The van der Waals surface area contributed by atoms with Crippen molar-refractivity contribution in [2.75, 3.05) is 16.8 Å². The third-order valence-electron chi connectivity index (χ3n) is 2.65. The van der Waals surface area contributed by atoms with Gasteiger partial charge in [0.15, 0.2) is 5.78 Å². The van der Waals surface area contributed by atoms with Crippen LogP contribution < -0.4 is 5.32 Å². The first-order chi connectivity index (χ1) is 8.99. The minimum Gasteiger partial charge on any atom is -0.325 e. The molecule has 1 rings (SSSR count). The number of ketones is 1. The van der Waals surface area contributed by atoms with Crippen LogP contribution in [0, 0.1) is 5.92 Å². The van der Waals surface area contributed by atoms with E-state index >= 15 is 0 Å². The molecule has 0 saturated heterocycles. The molecule has 0 radical (unpaired) electrons. The summed E-state index contributed by atoms with van der Waals surface area (Å²) >= 11 is 1.65. The predicted octanol–water partition coefficient (Wildman–Crippen LogP) is 3.61. The topological polar surface area (TPSA) is 46.2 Å². The van der Waals surface area contributed by atoms with Crippen molar-refractivity contribution in [2.45, 2.75) is 27.2 Å². The van der Waals surface area contributed by atoms with Gasteiger partial charge in [-0.15, -0.1) is 0 Å². The van der Waals surface area contributed by atoms with E-state index in [2.05, 4.69) is 19.2 Å². The zero-order valence-corrected chi connectivity index (χ0v) is 12.5. The minimum absolute atomic E-state index is 0.00401. The van der Waals surface area contributed by atoms with E-state index in [0.717, 1.165) is 17.9 Å². The van der Waals surface area contributed by atoms with Crippen LogP contribution in [0.25, 0.3) is 0 Å². The highest BCUT2D eigenvalue weighted by Crippen LogP contribution is 2.12. The highest BCUT2D eigenvalue weighted by atomic mass is 32.2. The molecule has 0 atom stereocenters. The minimum atomic E-state index is 0.00401.